The average molecular weight is 330 g/mol. The maximum absolute atomic E-state index is 9.45. The fourth-order valence-corrected chi connectivity index (χ4v) is 2.87. The van der Waals surface area contributed by atoms with Crippen molar-refractivity contribution in [1.29, 1.82) is 5.26 Å². The molecular formula is C19H18N6. The fourth-order valence-electron chi connectivity index (χ4n) is 2.87. The number of rotatable bonds is 5. The third-order valence-corrected chi connectivity index (χ3v) is 4.38. The van der Waals surface area contributed by atoms with Gasteiger partial charge in [-0.2, -0.15) is 15.5 Å². The SMILES string of the molecule is CN(Cc1cc(-c2ccccc2)n[nH]1)c1nnc(C2CC2)cc1C#N. The van der Waals surface area contributed by atoms with Crippen LogP contribution in [0, 0.1) is 11.3 Å². The molecule has 0 unspecified atom stereocenters. The zero-order valence-electron chi connectivity index (χ0n) is 14.0. The number of anilines is 1. The summed E-state index contributed by atoms with van der Waals surface area (Å²) in [7, 11) is 1.91. The van der Waals surface area contributed by atoms with Gasteiger partial charge in [0.2, 0.25) is 0 Å². The van der Waals surface area contributed by atoms with E-state index in [1.165, 1.54) is 0 Å². The Morgan fingerprint density at radius 3 is 2.72 bits per heavy atom. The van der Waals surface area contributed by atoms with Crippen molar-refractivity contribution in [2.45, 2.75) is 25.3 Å². The summed E-state index contributed by atoms with van der Waals surface area (Å²) in [5, 5.41) is 25.5. The van der Waals surface area contributed by atoms with E-state index >= 15 is 0 Å². The number of aromatic amines is 1. The number of hydrogen-bond acceptors (Lipinski definition) is 5. The van der Waals surface area contributed by atoms with Crippen molar-refractivity contribution in [3.63, 3.8) is 0 Å². The van der Waals surface area contributed by atoms with Crippen LogP contribution in [0.15, 0.2) is 42.5 Å². The molecule has 0 radical (unpaired) electrons. The van der Waals surface area contributed by atoms with Crippen molar-refractivity contribution in [3.05, 3.63) is 59.4 Å². The standard InChI is InChI=1S/C19H18N6/c1-25(19-15(11-20)9-17(23-24-19)14-7-8-14)12-16-10-18(22-21-16)13-5-3-2-4-6-13/h2-6,9-10,14H,7-8,12H2,1H3,(H,21,22). The van der Waals surface area contributed by atoms with Crippen LogP contribution in [0.5, 0.6) is 0 Å². The Labute approximate surface area is 146 Å². The highest BCUT2D eigenvalue weighted by molar-refractivity contribution is 5.59. The van der Waals surface area contributed by atoms with Gasteiger partial charge in [-0.1, -0.05) is 30.3 Å². The van der Waals surface area contributed by atoms with E-state index in [9.17, 15) is 5.26 Å². The van der Waals surface area contributed by atoms with Gasteiger partial charge in [-0.3, -0.25) is 5.10 Å². The molecule has 0 bridgehead atoms. The third kappa shape index (κ3) is 3.22. The van der Waals surface area contributed by atoms with E-state index < -0.39 is 0 Å². The Morgan fingerprint density at radius 1 is 1.20 bits per heavy atom. The number of aromatic nitrogens is 4. The van der Waals surface area contributed by atoms with Gasteiger partial charge in [0.15, 0.2) is 5.82 Å². The molecule has 3 aromatic rings. The lowest BCUT2D eigenvalue weighted by atomic mass is 10.1. The summed E-state index contributed by atoms with van der Waals surface area (Å²) in [6, 6.07) is 16.2. The molecule has 1 saturated carbocycles. The van der Waals surface area contributed by atoms with Crippen LogP contribution in [-0.4, -0.2) is 27.4 Å². The summed E-state index contributed by atoms with van der Waals surface area (Å²) >= 11 is 0. The Hall–Kier alpha value is -3.20. The molecular weight excluding hydrogens is 312 g/mol. The number of benzene rings is 1. The van der Waals surface area contributed by atoms with Crippen molar-refractivity contribution in [2.24, 2.45) is 0 Å². The predicted octanol–water partition coefficient (Wildman–Crippen LogP) is 3.25. The maximum atomic E-state index is 9.45. The number of nitrogens with one attached hydrogen (secondary N) is 1. The molecule has 0 saturated heterocycles. The molecule has 0 atom stereocenters. The Kier molecular flexibility index (Phi) is 3.90. The Morgan fingerprint density at radius 2 is 2.00 bits per heavy atom. The van der Waals surface area contributed by atoms with Crippen LogP contribution in [0.2, 0.25) is 0 Å². The number of hydrogen-bond donors (Lipinski definition) is 1. The lowest BCUT2D eigenvalue weighted by Crippen LogP contribution is -2.20. The van der Waals surface area contributed by atoms with Gasteiger partial charge in [0, 0.05) is 18.5 Å². The summed E-state index contributed by atoms with van der Waals surface area (Å²) < 4.78 is 0. The van der Waals surface area contributed by atoms with Gasteiger partial charge < -0.3 is 4.90 Å². The van der Waals surface area contributed by atoms with Crippen LogP contribution >= 0.6 is 0 Å². The first kappa shape index (κ1) is 15.3. The first-order valence-corrected chi connectivity index (χ1v) is 8.33. The average Bonchev–Trinajstić information content (AvgIpc) is 3.41. The van der Waals surface area contributed by atoms with Crippen LogP contribution in [0.3, 0.4) is 0 Å². The predicted molar refractivity (Wildman–Crippen MR) is 94.9 cm³/mol. The maximum Gasteiger partial charge on any atom is 0.169 e. The summed E-state index contributed by atoms with van der Waals surface area (Å²) in [4.78, 5) is 1.92. The smallest absolute Gasteiger partial charge is 0.169 e. The molecule has 1 aliphatic carbocycles. The van der Waals surface area contributed by atoms with Gasteiger partial charge in [0.25, 0.3) is 0 Å². The summed E-state index contributed by atoms with van der Waals surface area (Å²) in [6.45, 7) is 0.575. The summed E-state index contributed by atoms with van der Waals surface area (Å²) in [5.74, 6) is 1.09. The quantitative estimate of drug-likeness (QED) is 0.776. The molecule has 1 aliphatic rings. The molecule has 2 aromatic heterocycles. The van der Waals surface area contributed by atoms with Gasteiger partial charge in [0.05, 0.1) is 29.2 Å². The number of H-pyrrole nitrogens is 1. The highest BCUT2D eigenvalue weighted by Crippen LogP contribution is 2.39. The van der Waals surface area contributed by atoms with E-state index in [2.05, 4.69) is 26.5 Å². The highest BCUT2D eigenvalue weighted by atomic mass is 15.3. The van der Waals surface area contributed by atoms with Gasteiger partial charge in [0.1, 0.15) is 6.07 Å². The number of nitrogens with zero attached hydrogens (tertiary/aromatic N) is 5. The first-order chi connectivity index (χ1) is 12.2. The van der Waals surface area contributed by atoms with Gasteiger partial charge in [-0.05, 0) is 25.0 Å². The number of nitriles is 1. The minimum atomic E-state index is 0.486. The largest absolute Gasteiger partial charge is 0.351 e. The second kappa shape index (κ2) is 6.36. The molecule has 0 spiro atoms. The van der Waals surface area contributed by atoms with Crippen LogP contribution in [0.1, 0.15) is 35.7 Å². The van der Waals surface area contributed by atoms with E-state index in [-0.39, 0.29) is 0 Å². The Bertz CT molecular complexity index is 921. The van der Waals surface area contributed by atoms with Crippen molar-refractivity contribution >= 4 is 5.82 Å². The third-order valence-electron chi connectivity index (χ3n) is 4.38. The normalized spacial score (nSPS) is 13.4. The summed E-state index contributed by atoms with van der Waals surface area (Å²) in [5.41, 5.74) is 4.43. The molecule has 0 amide bonds. The van der Waals surface area contributed by atoms with Gasteiger partial charge in [-0.25, -0.2) is 0 Å². The second-order valence-corrected chi connectivity index (χ2v) is 6.39. The van der Waals surface area contributed by atoms with E-state index in [1.54, 1.807) is 0 Å². The van der Waals surface area contributed by atoms with E-state index in [4.69, 9.17) is 0 Å². The molecule has 6 heteroatoms. The highest BCUT2D eigenvalue weighted by Gasteiger charge is 2.26. The molecule has 2 heterocycles. The zero-order chi connectivity index (χ0) is 17.2. The van der Waals surface area contributed by atoms with Crippen molar-refractivity contribution in [3.8, 4) is 17.3 Å². The van der Waals surface area contributed by atoms with Crippen LogP contribution < -0.4 is 4.90 Å². The second-order valence-electron chi connectivity index (χ2n) is 6.39. The zero-order valence-corrected chi connectivity index (χ0v) is 14.0. The van der Waals surface area contributed by atoms with Gasteiger partial charge in [-0.15, -0.1) is 5.10 Å². The van der Waals surface area contributed by atoms with Gasteiger partial charge >= 0.3 is 0 Å². The van der Waals surface area contributed by atoms with Crippen molar-refractivity contribution < 1.29 is 0 Å². The van der Waals surface area contributed by atoms with Crippen LogP contribution in [-0.2, 0) is 6.54 Å². The van der Waals surface area contributed by atoms with Crippen molar-refractivity contribution in [1.82, 2.24) is 20.4 Å². The molecule has 124 valence electrons. The van der Waals surface area contributed by atoms with Crippen LogP contribution in [0.25, 0.3) is 11.3 Å². The molecule has 6 nitrogen and oxygen atoms in total. The molecule has 25 heavy (non-hydrogen) atoms. The minimum Gasteiger partial charge on any atom is -0.351 e. The molecule has 0 aliphatic heterocycles. The van der Waals surface area contributed by atoms with E-state index in [0.29, 0.717) is 23.8 Å². The lowest BCUT2D eigenvalue weighted by molar-refractivity contribution is 0.815. The minimum absolute atomic E-state index is 0.486. The Balaban J connectivity index is 1.53. The van der Waals surface area contributed by atoms with E-state index in [0.717, 1.165) is 35.5 Å². The topological polar surface area (TPSA) is 81.5 Å². The monoisotopic (exact) mass is 330 g/mol. The summed E-state index contributed by atoms with van der Waals surface area (Å²) in [6.07, 6.45) is 2.29. The van der Waals surface area contributed by atoms with Crippen LogP contribution in [0.4, 0.5) is 5.82 Å². The molecule has 1 N–H and O–H groups in total. The molecule has 1 aromatic carbocycles. The van der Waals surface area contributed by atoms with E-state index in [1.807, 2.05) is 54.4 Å². The fraction of sp³-hybridized carbons (Fsp3) is 0.263. The molecule has 1 fully saturated rings. The lowest BCUT2D eigenvalue weighted by Gasteiger charge is -2.17. The first-order valence-electron chi connectivity index (χ1n) is 8.33. The molecule has 4 rings (SSSR count). The van der Waals surface area contributed by atoms with Crippen molar-refractivity contribution in [2.75, 3.05) is 11.9 Å².